The van der Waals surface area contributed by atoms with E-state index in [-0.39, 0.29) is 16.4 Å². The summed E-state index contributed by atoms with van der Waals surface area (Å²) < 4.78 is 18.0. The second kappa shape index (κ2) is 2.99. The van der Waals surface area contributed by atoms with Crippen molar-refractivity contribution in [3.05, 3.63) is 34.8 Å². The van der Waals surface area contributed by atoms with Crippen molar-refractivity contribution in [2.45, 2.75) is 0 Å². The first kappa shape index (κ1) is 9.02. The highest BCUT2D eigenvalue weighted by Crippen LogP contribution is 2.27. The molecule has 1 heterocycles. The Kier molecular flexibility index (Phi) is 1.93. The SMILES string of the molecule is O=C(O)c1cc2ccc(Cl)c(F)c2o1. The third kappa shape index (κ3) is 1.24. The van der Waals surface area contributed by atoms with Crippen LogP contribution in [0.4, 0.5) is 4.39 Å². The maximum Gasteiger partial charge on any atom is 0.371 e. The van der Waals surface area contributed by atoms with Crippen LogP contribution in [0, 0.1) is 5.82 Å². The summed E-state index contributed by atoms with van der Waals surface area (Å²) in [5.74, 6) is -2.28. The monoisotopic (exact) mass is 214 g/mol. The van der Waals surface area contributed by atoms with Crippen molar-refractivity contribution in [3.63, 3.8) is 0 Å². The van der Waals surface area contributed by atoms with Gasteiger partial charge in [-0.1, -0.05) is 11.6 Å². The summed E-state index contributed by atoms with van der Waals surface area (Å²) in [6.45, 7) is 0. The molecule has 0 amide bonds. The standard InChI is InChI=1S/C9H4ClFO3/c10-5-2-1-4-3-6(9(12)13)14-8(4)7(5)11/h1-3H,(H,12,13). The van der Waals surface area contributed by atoms with Gasteiger partial charge < -0.3 is 9.52 Å². The molecule has 14 heavy (non-hydrogen) atoms. The van der Waals surface area contributed by atoms with Crippen LogP contribution in [0.5, 0.6) is 0 Å². The zero-order valence-electron chi connectivity index (χ0n) is 6.75. The van der Waals surface area contributed by atoms with Gasteiger partial charge >= 0.3 is 5.97 Å². The van der Waals surface area contributed by atoms with E-state index in [0.29, 0.717) is 5.39 Å². The summed E-state index contributed by atoms with van der Waals surface area (Å²) in [4.78, 5) is 10.5. The van der Waals surface area contributed by atoms with Crippen LogP contribution >= 0.6 is 11.6 Å². The summed E-state index contributed by atoms with van der Waals surface area (Å²) in [5.41, 5.74) is -0.130. The van der Waals surface area contributed by atoms with E-state index in [1.54, 1.807) is 0 Å². The van der Waals surface area contributed by atoms with Crippen LogP contribution in [0.3, 0.4) is 0 Å². The Labute approximate surface area is 82.7 Å². The Morgan fingerprint density at radius 2 is 2.21 bits per heavy atom. The fourth-order valence-electron chi connectivity index (χ4n) is 1.15. The number of hydrogen-bond donors (Lipinski definition) is 1. The average molecular weight is 215 g/mol. The smallest absolute Gasteiger partial charge is 0.371 e. The average Bonchev–Trinajstić information content (AvgIpc) is 2.56. The molecule has 72 valence electrons. The Morgan fingerprint density at radius 1 is 1.50 bits per heavy atom. The van der Waals surface area contributed by atoms with E-state index in [1.807, 2.05) is 0 Å². The Bertz CT molecular complexity index is 518. The van der Waals surface area contributed by atoms with Crippen LogP contribution in [-0.4, -0.2) is 11.1 Å². The van der Waals surface area contributed by atoms with Gasteiger partial charge in [0.15, 0.2) is 11.4 Å². The fraction of sp³-hybridized carbons (Fsp3) is 0. The Morgan fingerprint density at radius 3 is 2.86 bits per heavy atom. The lowest BCUT2D eigenvalue weighted by atomic mass is 10.2. The minimum atomic E-state index is -1.24. The number of carbonyl (C=O) groups is 1. The van der Waals surface area contributed by atoms with Gasteiger partial charge in [0.25, 0.3) is 0 Å². The van der Waals surface area contributed by atoms with E-state index in [0.717, 1.165) is 0 Å². The van der Waals surface area contributed by atoms with Crippen molar-refractivity contribution in [2.75, 3.05) is 0 Å². The van der Waals surface area contributed by atoms with Crippen LogP contribution < -0.4 is 0 Å². The van der Waals surface area contributed by atoms with Gasteiger partial charge in [-0.3, -0.25) is 0 Å². The molecule has 1 aromatic carbocycles. The number of rotatable bonds is 1. The molecule has 1 N–H and O–H groups in total. The van der Waals surface area contributed by atoms with E-state index in [9.17, 15) is 9.18 Å². The number of aromatic carboxylic acids is 1. The third-order valence-corrected chi connectivity index (χ3v) is 2.08. The quantitative estimate of drug-likeness (QED) is 0.794. The zero-order chi connectivity index (χ0) is 10.3. The topological polar surface area (TPSA) is 50.4 Å². The summed E-state index contributed by atoms with van der Waals surface area (Å²) >= 11 is 5.49. The summed E-state index contributed by atoms with van der Waals surface area (Å²) in [7, 11) is 0. The molecule has 2 rings (SSSR count). The fourth-order valence-corrected chi connectivity index (χ4v) is 1.30. The molecule has 0 saturated carbocycles. The van der Waals surface area contributed by atoms with Crippen molar-refractivity contribution in [3.8, 4) is 0 Å². The molecular formula is C9H4ClFO3. The normalized spacial score (nSPS) is 10.7. The number of furan rings is 1. The molecule has 0 atom stereocenters. The molecule has 2 aromatic rings. The first-order valence-corrected chi connectivity index (χ1v) is 4.08. The van der Waals surface area contributed by atoms with Crippen LogP contribution in [-0.2, 0) is 0 Å². The van der Waals surface area contributed by atoms with Gasteiger partial charge in [0, 0.05) is 5.39 Å². The molecule has 0 aliphatic heterocycles. The minimum Gasteiger partial charge on any atom is -0.475 e. The van der Waals surface area contributed by atoms with Gasteiger partial charge in [-0.05, 0) is 18.2 Å². The molecule has 0 aliphatic rings. The molecule has 1 aromatic heterocycles. The predicted molar refractivity (Wildman–Crippen MR) is 48.1 cm³/mol. The van der Waals surface area contributed by atoms with Gasteiger partial charge in [-0.2, -0.15) is 0 Å². The highest BCUT2D eigenvalue weighted by Gasteiger charge is 2.14. The lowest BCUT2D eigenvalue weighted by Gasteiger charge is -1.92. The number of hydrogen-bond acceptors (Lipinski definition) is 2. The second-order valence-electron chi connectivity index (χ2n) is 2.70. The molecule has 0 saturated heterocycles. The van der Waals surface area contributed by atoms with Gasteiger partial charge in [-0.15, -0.1) is 0 Å². The first-order chi connectivity index (χ1) is 6.59. The molecule has 0 bridgehead atoms. The third-order valence-electron chi connectivity index (χ3n) is 1.79. The van der Waals surface area contributed by atoms with E-state index < -0.39 is 11.8 Å². The summed E-state index contributed by atoms with van der Waals surface area (Å²) in [5, 5.41) is 8.88. The number of carboxylic acid groups (broad SMARTS) is 1. The summed E-state index contributed by atoms with van der Waals surface area (Å²) in [6.07, 6.45) is 0. The van der Waals surface area contributed by atoms with E-state index in [4.69, 9.17) is 21.1 Å². The van der Waals surface area contributed by atoms with E-state index in [2.05, 4.69) is 0 Å². The van der Waals surface area contributed by atoms with Crippen molar-refractivity contribution in [2.24, 2.45) is 0 Å². The molecule has 0 radical (unpaired) electrons. The highest BCUT2D eigenvalue weighted by molar-refractivity contribution is 6.31. The molecule has 0 aliphatic carbocycles. The maximum atomic E-state index is 13.3. The highest BCUT2D eigenvalue weighted by atomic mass is 35.5. The number of halogens is 2. The van der Waals surface area contributed by atoms with E-state index >= 15 is 0 Å². The molecule has 0 fully saturated rings. The number of benzene rings is 1. The zero-order valence-corrected chi connectivity index (χ0v) is 7.51. The van der Waals surface area contributed by atoms with Crippen molar-refractivity contribution in [1.29, 1.82) is 0 Å². The van der Waals surface area contributed by atoms with E-state index in [1.165, 1.54) is 18.2 Å². The van der Waals surface area contributed by atoms with Gasteiger partial charge in [0.2, 0.25) is 5.76 Å². The lowest BCUT2D eigenvalue weighted by Crippen LogP contribution is -1.91. The number of fused-ring (bicyclic) bond motifs is 1. The molecular weight excluding hydrogens is 211 g/mol. The van der Waals surface area contributed by atoms with Crippen molar-refractivity contribution in [1.82, 2.24) is 0 Å². The molecule has 3 nitrogen and oxygen atoms in total. The first-order valence-electron chi connectivity index (χ1n) is 3.70. The Balaban J connectivity index is 2.77. The van der Waals surface area contributed by atoms with Crippen molar-refractivity contribution < 1.29 is 18.7 Å². The van der Waals surface area contributed by atoms with Gasteiger partial charge in [0.05, 0.1) is 5.02 Å². The molecule has 0 spiro atoms. The van der Waals surface area contributed by atoms with Gasteiger partial charge in [-0.25, -0.2) is 9.18 Å². The largest absolute Gasteiger partial charge is 0.475 e. The van der Waals surface area contributed by atoms with Crippen LogP contribution in [0.2, 0.25) is 5.02 Å². The maximum absolute atomic E-state index is 13.3. The van der Waals surface area contributed by atoms with Gasteiger partial charge in [0.1, 0.15) is 0 Å². The van der Waals surface area contributed by atoms with Crippen LogP contribution in [0.15, 0.2) is 22.6 Å². The van der Waals surface area contributed by atoms with Crippen molar-refractivity contribution >= 4 is 28.5 Å². The molecule has 0 unspecified atom stereocenters. The number of carboxylic acids is 1. The Hall–Kier alpha value is -1.55. The van der Waals surface area contributed by atoms with Crippen LogP contribution in [0.25, 0.3) is 11.0 Å². The second-order valence-corrected chi connectivity index (χ2v) is 3.10. The molecule has 5 heteroatoms. The lowest BCUT2D eigenvalue weighted by molar-refractivity contribution is 0.0665. The van der Waals surface area contributed by atoms with Crippen LogP contribution in [0.1, 0.15) is 10.6 Å². The summed E-state index contributed by atoms with van der Waals surface area (Å²) in [6, 6.07) is 4.09. The predicted octanol–water partition coefficient (Wildman–Crippen LogP) is 2.92. The minimum absolute atomic E-state index is 0.0937.